The fraction of sp³-hybridized carbons (Fsp3) is 0.429. The number of benzene rings is 1. The number of esters is 1. The Hall–Kier alpha value is -2.44. The summed E-state index contributed by atoms with van der Waals surface area (Å²) in [7, 11) is 0. The minimum absolute atomic E-state index is 0.0212. The van der Waals surface area contributed by atoms with Gasteiger partial charge in [0, 0.05) is 18.1 Å². The number of ether oxygens (including phenoxy) is 1. The molecular formula is C14H18N2O5. The van der Waals surface area contributed by atoms with Crippen molar-refractivity contribution in [3.63, 3.8) is 0 Å². The van der Waals surface area contributed by atoms with Crippen molar-refractivity contribution in [2.75, 3.05) is 11.9 Å². The first-order valence-corrected chi connectivity index (χ1v) is 6.56. The molecule has 0 heterocycles. The number of carbonyl (C=O) groups is 2. The zero-order valence-corrected chi connectivity index (χ0v) is 12.3. The molecule has 0 bridgehead atoms. The highest BCUT2D eigenvalue weighted by Crippen LogP contribution is 2.26. The van der Waals surface area contributed by atoms with Crippen LogP contribution >= 0.6 is 0 Å². The Morgan fingerprint density at radius 1 is 1.24 bits per heavy atom. The number of anilines is 1. The van der Waals surface area contributed by atoms with Gasteiger partial charge in [-0.15, -0.1) is 0 Å². The first-order chi connectivity index (χ1) is 9.85. The third-order valence-corrected chi connectivity index (χ3v) is 2.88. The van der Waals surface area contributed by atoms with E-state index in [4.69, 9.17) is 4.74 Å². The summed E-state index contributed by atoms with van der Waals surface area (Å²) in [5, 5.41) is 13.5. The largest absolute Gasteiger partial charge is 0.466 e. The smallest absolute Gasteiger partial charge is 0.306 e. The van der Waals surface area contributed by atoms with E-state index in [-0.39, 0.29) is 31.0 Å². The number of aryl methyl sites for hydroxylation is 2. The molecule has 1 rings (SSSR count). The highest BCUT2D eigenvalue weighted by molar-refractivity contribution is 5.93. The summed E-state index contributed by atoms with van der Waals surface area (Å²) in [6.07, 6.45) is -0.0490. The molecular weight excluding hydrogens is 276 g/mol. The lowest BCUT2D eigenvalue weighted by Gasteiger charge is -2.09. The molecule has 7 heteroatoms. The van der Waals surface area contributed by atoms with Crippen LogP contribution in [-0.4, -0.2) is 23.4 Å². The van der Waals surface area contributed by atoms with Gasteiger partial charge in [-0.2, -0.15) is 0 Å². The van der Waals surface area contributed by atoms with Crippen LogP contribution in [0.2, 0.25) is 0 Å². The average molecular weight is 294 g/mol. The minimum Gasteiger partial charge on any atom is -0.466 e. The van der Waals surface area contributed by atoms with Gasteiger partial charge in [0.25, 0.3) is 5.69 Å². The molecule has 0 spiro atoms. The Morgan fingerprint density at radius 2 is 1.90 bits per heavy atom. The predicted octanol–water partition coefficient (Wildman–Crippen LogP) is 2.49. The summed E-state index contributed by atoms with van der Waals surface area (Å²) >= 11 is 0. The van der Waals surface area contributed by atoms with E-state index in [1.165, 1.54) is 6.07 Å². The Balaban J connectivity index is 2.74. The lowest BCUT2D eigenvalue weighted by Crippen LogP contribution is -2.15. The van der Waals surface area contributed by atoms with Gasteiger partial charge in [0.2, 0.25) is 5.91 Å². The average Bonchev–Trinajstić information content (AvgIpc) is 2.39. The lowest BCUT2D eigenvalue weighted by atomic mass is 10.1. The van der Waals surface area contributed by atoms with Gasteiger partial charge in [0.1, 0.15) is 0 Å². The molecule has 1 amide bonds. The topological polar surface area (TPSA) is 98.5 Å². The van der Waals surface area contributed by atoms with Crippen molar-refractivity contribution < 1.29 is 19.2 Å². The van der Waals surface area contributed by atoms with Crippen molar-refractivity contribution in [1.29, 1.82) is 0 Å². The van der Waals surface area contributed by atoms with E-state index in [9.17, 15) is 19.7 Å². The molecule has 0 radical (unpaired) electrons. The van der Waals surface area contributed by atoms with Crippen molar-refractivity contribution in [1.82, 2.24) is 0 Å². The van der Waals surface area contributed by atoms with E-state index in [1.807, 2.05) is 0 Å². The molecule has 0 fully saturated rings. The number of nitrogens with one attached hydrogen (secondary N) is 1. The third-order valence-electron chi connectivity index (χ3n) is 2.88. The van der Waals surface area contributed by atoms with Crippen LogP contribution in [0.3, 0.4) is 0 Å². The monoisotopic (exact) mass is 294 g/mol. The number of nitro groups is 1. The molecule has 21 heavy (non-hydrogen) atoms. The fourth-order valence-electron chi connectivity index (χ4n) is 1.83. The van der Waals surface area contributed by atoms with Crippen LogP contribution in [0.15, 0.2) is 12.1 Å². The Bertz CT molecular complexity index is 569. The van der Waals surface area contributed by atoms with Gasteiger partial charge in [0.05, 0.1) is 23.6 Å². The van der Waals surface area contributed by atoms with Crippen molar-refractivity contribution >= 4 is 23.3 Å². The maximum atomic E-state index is 11.8. The molecule has 0 aliphatic heterocycles. The number of amides is 1. The molecule has 0 unspecified atom stereocenters. The molecule has 1 aromatic carbocycles. The number of nitrogens with zero attached hydrogens (tertiary/aromatic N) is 1. The van der Waals surface area contributed by atoms with Crippen LogP contribution in [0, 0.1) is 24.0 Å². The van der Waals surface area contributed by atoms with Gasteiger partial charge in [-0.05, 0) is 32.4 Å². The second kappa shape index (κ2) is 7.37. The first kappa shape index (κ1) is 16.6. The summed E-state index contributed by atoms with van der Waals surface area (Å²) in [5.74, 6) is -0.830. The summed E-state index contributed by atoms with van der Waals surface area (Å²) in [6, 6.07) is 2.96. The van der Waals surface area contributed by atoms with Crippen molar-refractivity contribution in [3.8, 4) is 0 Å². The molecule has 7 nitrogen and oxygen atoms in total. The van der Waals surface area contributed by atoms with Gasteiger partial charge in [-0.25, -0.2) is 0 Å². The van der Waals surface area contributed by atoms with E-state index < -0.39 is 10.9 Å². The standard InChI is InChI=1S/C14H18N2O5/c1-4-21-14(18)6-5-13(17)15-11-8-12(16(19)20)10(3)7-9(11)2/h7-8H,4-6H2,1-3H3,(H,15,17). The van der Waals surface area contributed by atoms with E-state index in [0.29, 0.717) is 11.3 Å². The fourth-order valence-corrected chi connectivity index (χ4v) is 1.83. The molecule has 0 saturated carbocycles. The van der Waals surface area contributed by atoms with Gasteiger partial charge in [0.15, 0.2) is 0 Å². The molecule has 114 valence electrons. The van der Waals surface area contributed by atoms with Gasteiger partial charge < -0.3 is 10.1 Å². The molecule has 0 saturated heterocycles. The molecule has 0 aliphatic carbocycles. The van der Waals surface area contributed by atoms with Crippen LogP contribution in [0.1, 0.15) is 30.9 Å². The minimum atomic E-state index is -0.497. The summed E-state index contributed by atoms with van der Waals surface area (Å²) in [5.41, 5.74) is 1.58. The maximum Gasteiger partial charge on any atom is 0.306 e. The third kappa shape index (κ3) is 4.87. The summed E-state index contributed by atoms with van der Waals surface area (Å²) in [4.78, 5) is 33.3. The molecule has 0 aromatic heterocycles. The zero-order chi connectivity index (χ0) is 16.0. The van der Waals surface area contributed by atoms with Crippen molar-refractivity contribution in [3.05, 3.63) is 33.4 Å². The highest BCUT2D eigenvalue weighted by Gasteiger charge is 2.15. The summed E-state index contributed by atoms with van der Waals surface area (Å²) in [6.45, 7) is 5.34. The maximum absolute atomic E-state index is 11.8. The van der Waals surface area contributed by atoms with E-state index in [0.717, 1.165) is 5.56 Å². The van der Waals surface area contributed by atoms with E-state index in [2.05, 4.69) is 5.32 Å². The van der Waals surface area contributed by atoms with Gasteiger partial charge >= 0.3 is 5.97 Å². The quantitative estimate of drug-likeness (QED) is 0.493. The Labute approximate surface area is 122 Å². The zero-order valence-electron chi connectivity index (χ0n) is 12.3. The SMILES string of the molecule is CCOC(=O)CCC(=O)Nc1cc([N+](=O)[O-])c(C)cc1C. The predicted molar refractivity (Wildman–Crippen MR) is 77.1 cm³/mol. The number of hydrogen-bond donors (Lipinski definition) is 1. The normalized spacial score (nSPS) is 10.0. The van der Waals surface area contributed by atoms with Gasteiger partial charge in [-0.1, -0.05) is 0 Å². The van der Waals surface area contributed by atoms with E-state index in [1.54, 1.807) is 26.8 Å². The van der Waals surface area contributed by atoms with Crippen LogP contribution < -0.4 is 5.32 Å². The Morgan fingerprint density at radius 3 is 2.48 bits per heavy atom. The molecule has 0 aliphatic rings. The Kier molecular flexibility index (Phi) is 5.83. The first-order valence-electron chi connectivity index (χ1n) is 6.56. The van der Waals surface area contributed by atoms with Crippen LogP contribution in [-0.2, 0) is 14.3 Å². The molecule has 1 aromatic rings. The number of carbonyl (C=O) groups excluding carboxylic acids is 2. The molecule has 0 atom stereocenters. The lowest BCUT2D eigenvalue weighted by molar-refractivity contribution is -0.385. The van der Waals surface area contributed by atoms with Gasteiger partial charge in [-0.3, -0.25) is 19.7 Å². The van der Waals surface area contributed by atoms with Crippen LogP contribution in [0.4, 0.5) is 11.4 Å². The van der Waals surface area contributed by atoms with Crippen LogP contribution in [0.25, 0.3) is 0 Å². The number of hydrogen-bond acceptors (Lipinski definition) is 5. The van der Waals surface area contributed by atoms with Crippen molar-refractivity contribution in [2.45, 2.75) is 33.6 Å². The second-order valence-electron chi connectivity index (χ2n) is 4.56. The highest BCUT2D eigenvalue weighted by atomic mass is 16.6. The molecule has 1 N–H and O–H groups in total. The van der Waals surface area contributed by atoms with E-state index >= 15 is 0 Å². The summed E-state index contributed by atoms with van der Waals surface area (Å²) < 4.78 is 4.72. The van der Waals surface area contributed by atoms with Crippen LogP contribution in [0.5, 0.6) is 0 Å². The number of nitro benzene ring substituents is 1. The number of rotatable bonds is 6. The van der Waals surface area contributed by atoms with Crippen molar-refractivity contribution in [2.24, 2.45) is 0 Å². The second-order valence-corrected chi connectivity index (χ2v) is 4.56.